The van der Waals surface area contributed by atoms with Crippen LogP contribution in [0.3, 0.4) is 0 Å². The van der Waals surface area contributed by atoms with Crippen LogP contribution in [-0.2, 0) is 0 Å². The van der Waals surface area contributed by atoms with Crippen LogP contribution in [-0.4, -0.2) is 5.71 Å². The van der Waals surface area contributed by atoms with E-state index in [0.717, 1.165) is 12.8 Å². The zero-order valence-electron chi connectivity index (χ0n) is 6.67. The van der Waals surface area contributed by atoms with Gasteiger partial charge in [-0.3, -0.25) is 4.99 Å². The minimum Gasteiger partial charge on any atom is -0.260 e. The second kappa shape index (κ2) is 2.50. The normalized spacial score (nSPS) is 20.6. The van der Waals surface area contributed by atoms with E-state index in [9.17, 15) is 0 Å². The molecule has 2 rings (SSSR count). The Morgan fingerprint density at radius 1 is 1.55 bits per heavy atom. The summed E-state index contributed by atoms with van der Waals surface area (Å²) in [7, 11) is 0. The predicted molar refractivity (Wildman–Crippen MR) is 47.6 cm³/mol. The quantitative estimate of drug-likeness (QED) is 0.538. The molecular formula is C10H11N. The van der Waals surface area contributed by atoms with Crippen molar-refractivity contribution in [1.82, 2.24) is 0 Å². The first kappa shape index (κ1) is 6.59. The van der Waals surface area contributed by atoms with Crippen LogP contribution < -0.4 is 0 Å². The van der Waals surface area contributed by atoms with Gasteiger partial charge in [-0.2, -0.15) is 0 Å². The van der Waals surface area contributed by atoms with Crippen LogP contribution in [0.4, 0.5) is 0 Å². The van der Waals surface area contributed by atoms with E-state index in [-0.39, 0.29) is 0 Å². The van der Waals surface area contributed by atoms with Crippen molar-refractivity contribution in [3.63, 3.8) is 0 Å². The van der Waals surface area contributed by atoms with Gasteiger partial charge in [-0.05, 0) is 12.0 Å². The lowest BCUT2D eigenvalue weighted by molar-refractivity contribution is 1.13. The SMILES string of the molecule is CCC1=CN=C2CC=CC=C12. The van der Waals surface area contributed by atoms with E-state index in [0.29, 0.717) is 0 Å². The van der Waals surface area contributed by atoms with Gasteiger partial charge in [0.1, 0.15) is 0 Å². The molecule has 1 aliphatic carbocycles. The molecule has 11 heavy (non-hydrogen) atoms. The summed E-state index contributed by atoms with van der Waals surface area (Å²) >= 11 is 0. The summed E-state index contributed by atoms with van der Waals surface area (Å²) in [6.45, 7) is 2.17. The Kier molecular flexibility index (Phi) is 1.50. The highest BCUT2D eigenvalue weighted by atomic mass is 14.7. The van der Waals surface area contributed by atoms with Gasteiger partial charge in [0.2, 0.25) is 0 Å². The van der Waals surface area contributed by atoms with Gasteiger partial charge in [0.25, 0.3) is 0 Å². The van der Waals surface area contributed by atoms with Gasteiger partial charge in [-0.15, -0.1) is 0 Å². The Balaban J connectivity index is 2.36. The monoisotopic (exact) mass is 145 g/mol. The number of aliphatic imine (C=N–C) groups is 1. The fourth-order valence-corrected chi connectivity index (χ4v) is 1.47. The summed E-state index contributed by atoms with van der Waals surface area (Å²) in [5.74, 6) is 0. The van der Waals surface area contributed by atoms with Crippen molar-refractivity contribution < 1.29 is 0 Å². The molecule has 56 valence electrons. The molecule has 1 aliphatic heterocycles. The van der Waals surface area contributed by atoms with Crippen molar-refractivity contribution >= 4 is 5.71 Å². The van der Waals surface area contributed by atoms with Crippen LogP contribution in [0.5, 0.6) is 0 Å². The van der Waals surface area contributed by atoms with E-state index in [1.54, 1.807) is 0 Å². The topological polar surface area (TPSA) is 12.4 Å². The van der Waals surface area contributed by atoms with Crippen molar-refractivity contribution in [2.45, 2.75) is 19.8 Å². The second-order valence-corrected chi connectivity index (χ2v) is 2.80. The van der Waals surface area contributed by atoms with Crippen LogP contribution in [0.15, 0.2) is 40.6 Å². The van der Waals surface area contributed by atoms with E-state index < -0.39 is 0 Å². The number of fused-ring (bicyclic) bond motifs is 1. The molecule has 0 radical (unpaired) electrons. The number of hydrogen-bond acceptors (Lipinski definition) is 1. The molecule has 0 fully saturated rings. The van der Waals surface area contributed by atoms with Crippen molar-refractivity contribution in [3.05, 3.63) is 35.6 Å². The maximum Gasteiger partial charge on any atom is 0.0516 e. The lowest BCUT2D eigenvalue weighted by Crippen LogP contribution is -2.01. The predicted octanol–water partition coefficient (Wildman–Crippen LogP) is 2.62. The van der Waals surface area contributed by atoms with Crippen LogP contribution in [0, 0.1) is 0 Å². The van der Waals surface area contributed by atoms with Crippen LogP contribution in [0.25, 0.3) is 0 Å². The third kappa shape index (κ3) is 0.967. The number of allylic oxidation sites excluding steroid dienone is 5. The van der Waals surface area contributed by atoms with Crippen molar-refractivity contribution in [2.24, 2.45) is 4.99 Å². The van der Waals surface area contributed by atoms with Crippen molar-refractivity contribution in [1.29, 1.82) is 0 Å². The maximum absolute atomic E-state index is 4.35. The fourth-order valence-electron chi connectivity index (χ4n) is 1.47. The molecule has 1 heteroatoms. The molecule has 2 aliphatic rings. The molecule has 0 unspecified atom stereocenters. The first-order chi connectivity index (χ1) is 5.42. The van der Waals surface area contributed by atoms with Crippen molar-refractivity contribution in [3.8, 4) is 0 Å². The van der Waals surface area contributed by atoms with Gasteiger partial charge in [-0.1, -0.05) is 25.2 Å². The van der Waals surface area contributed by atoms with Gasteiger partial charge in [0.15, 0.2) is 0 Å². The van der Waals surface area contributed by atoms with E-state index in [1.807, 2.05) is 6.20 Å². The molecule has 0 N–H and O–H groups in total. The molecule has 1 nitrogen and oxygen atoms in total. The minimum absolute atomic E-state index is 1.01. The lowest BCUT2D eigenvalue weighted by atomic mass is 9.96. The van der Waals surface area contributed by atoms with E-state index in [2.05, 4.69) is 30.1 Å². The Bertz CT molecular complexity index is 290. The Morgan fingerprint density at radius 3 is 3.27 bits per heavy atom. The number of hydrogen-bond donors (Lipinski definition) is 0. The molecule has 0 aromatic rings. The average Bonchev–Trinajstić information content (AvgIpc) is 2.47. The first-order valence-corrected chi connectivity index (χ1v) is 4.05. The molecule has 0 saturated heterocycles. The van der Waals surface area contributed by atoms with Crippen LogP contribution in [0.2, 0.25) is 0 Å². The minimum atomic E-state index is 1.01. The van der Waals surface area contributed by atoms with E-state index >= 15 is 0 Å². The lowest BCUT2D eigenvalue weighted by Gasteiger charge is -2.07. The molecule has 0 bridgehead atoms. The molecule has 0 spiro atoms. The van der Waals surface area contributed by atoms with E-state index in [4.69, 9.17) is 0 Å². The summed E-state index contributed by atoms with van der Waals surface area (Å²) in [4.78, 5) is 4.35. The largest absolute Gasteiger partial charge is 0.260 e. The molecule has 0 saturated carbocycles. The Hall–Kier alpha value is -1.11. The fraction of sp³-hybridized carbons (Fsp3) is 0.300. The molecular weight excluding hydrogens is 134 g/mol. The highest BCUT2D eigenvalue weighted by Gasteiger charge is 2.15. The molecule has 0 aromatic carbocycles. The highest BCUT2D eigenvalue weighted by molar-refractivity contribution is 6.08. The highest BCUT2D eigenvalue weighted by Crippen LogP contribution is 2.25. The molecule has 0 aromatic heterocycles. The summed E-state index contributed by atoms with van der Waals surface area (Å²) in [5, 5.41) is 0. The standard InChI is InChI=1S/C10H11N/c1-2-8-7-11-10-6-4-3-5-9(8)10/h3-5,7H,2,6H2,1H3. The Morgan fingerprint density at radius 2 is 2.45 bits per heavy atom. The van der Waals surface area contributed by atoms with Gasteiger partial charge < -0.3 is 0 Å². The third-order valence-electron chi connectivity index (χ3n) is 2.12. The van der Waals surface area contributed by atoms with Crippen LogP contribution in [0.1, 0.15) is 19.8 Å². The maximum atomic E-state index is 4.35. The zero-order chi connectivity index (χ0) is 7.68. The van der Waals surface area contributed by atoms with Crippen molar-refractivity contribution in [2.75, 3.05) is 0 Å². The molecule has 1 heterocycles. The third-order valence-corrected chi connectivity index (χ3v) is 2.12. The second-order valence-electron chi connectivity index (χ2n) is 2.80. The summed E-state index contributed by atoms with van der Waals surface area (Å²) in [6.07, 6.45) is 10.5. The van der Waals surface area contributed by atoms with Gasteiger partial charge in [-0.25, -0.2) is 0 Å². The number of nitrogens with zero attached hydrogens (tertiary/aromatic N) is 1. The van der Waals surface area contributed by atoms with Gasteiger partial charge in [0, 0.05) is 18.2 Å². The zero-order valence-corrected chi connectivity index (χ0v) is 6.67. The summed E-state index contributed by atoms with van der Waals surface area (Å²) < 4.78 is 0. The summed E-state index contributed by atoms with van der Waals surface area (Å²) in [6, 6.07) is 0. The molecule has 0 atom stereocenters. The van der Waals surface area contributed by atoms with Gasteiger partial charge in [0.05, 0.1) is 5.71 Å². The smallest absolute Gasteiger partial charge is 0.0516 e. The average molecular weight is 145 g/mol. The van der Waals surface area contributed by atoms with Crippen LogP contribution >= 0.6 is 0 Å². The molecule has 0 amide bonds. The number of rotatable bonds is 1. The van der Waals surface area contributed by atoms with E-state index in [1.165, 1.54) is 16.9 Å². The summed E-state index contributed by atoms with van der Waals surface area (Å²) in [5.41, 5.74) is 3.98. The van der Waals surface area contributed by atoms with Gasteiger partial charge >= 0.3 is 0 Å². The Labute approximate surface area is 66.8 Å². The first-order valence-electron chi connectivity index (χ1n) is 4.05.